The summed E-state index contributed by atoms with van der Waals surface area (Å²) in [4.78, 5) is 29.5. The van der Waals surface area contributed by atoms with Crippen LogP contribution in [-0.2, 0) is 0 Å². The van der Waals surface area contributed by atoms with Crippen molar-refractivity contribution < 1.29 is 24.2 Å². The third kappa shape index (κ3) is 4.06. The van der Waals surface area contributed by atoms with Crippen LogP contribution in [0.1, 0.15) is 57.6 Å². The number of carboxylic acids is 2. The molecule has 3 heterocycles. The summed E-state index contributed by atoms with van der Waals surface area (Å²) in [6.07, 6.45) is 2.60. The molecule has 1 aliphatic rings. The van der Waals surface area contributed by atoms with Gasteiger partial charge in [0, 0.05) is 18.3 Å². The molecule has 2 aromatic heterocycles. The molecule has 0 aliphatic carbocycles. The van der Waals surface area contributed by atoms with Crippen LogP contribution in [0.15, 0.2) is 59.1 Å². The van der Waals surface area contributed by atoms with E-state index in [9.17, 15) is 19.8 Å². The van der Waals surface area contributed by atoms with Crippen molar-refractivity contribution in [2.24, 2.45) is 0 Å². The maximum atomic E-state index is 11.5. The van der Waals surface area contributed by atoms with Crippen LogP contribution in [0.25, 0.3) is 11.3 Å². The second-order valence-electron chi connectivity index (χ2n) is 7.43. The second kappa shape index (κ2) is 8.80. The molecule has 1 aliphatic heterocycles. The molecule has 0 bridgehead atoms. The Kier molecular flexibility index (Phi) is 5.91. The first-order chi connectivity index (χ1) is 15.4. The van der Waals surface area contributed by atoms with Gasteiger partial charge < -0.3 is 24.8 Å². The van der Waals surface area contributed by atoms with Crippen molar-refractivity contribution in [3.05, 3.63) is 77.3 Å². The molecule has 0 radical (unpaired) electrons. The van der Waals surface area contributed by atoms with E-state index in [1.54, 1.807) is 12.3 Å². The first-order valence-electron chi connectivity index (χ1n) is 10.1. The van der Waals surface area contributed by atoms with E-state index in [0.29, 0.717) is 28.7 Å². The van der Waals surface area contributed by atoms with Crippen molar-refractivity contribution in [1.82, 2.24) is 15.2 Å². The summed E-state index contributed by atoms with van der Waals surface area (Å²) in [5, 5.41) is 22.7. The fourth-order valence-electron chi connectivity index (χ4n) is 3.88. The Morgan fingerprint density at radius 3 is 2.44 bits per heavy atom. The molecule has 0 saturated carbocycles. The van der Waals surface area contributed by atoms with Gasteiger partial charge in [0.2, 0.25) is 0 Å². The molecular weight excluding hydrogens is 430 g/mol. The van der Waals surface area contributed by atoms with Crippen LogP contribution in [0.4, 0.5) is 0 Å². The van der Waals surface area contributed by atoms with Crippen molar-refractivity contribution in [1.29, 1.82) is 0 Å². The predicted octanol–water partition coefficient (Wildman–Crippen LogP) is 4.12. The van der Waals surface area contributed by atoms with Crippen LogP contribution in [0.2, 0.25) is 0 Å². The highest BCUT2D eigenvalue weighted by atomic mass is 32.1. The lowest BCUT2D eigenvalue weighted by atomic mass is 10.0. The molecule has 8 nitrogen and oxygen atoms in total. The Morgan fingerprint density at radius 2 is 1.84 bits per heavy atom. The maximum absolute atomic E-state index is 11.5. The molecule has 9 heteroatoms. The lowest BCUT2D eigenvalue weighted by Gasteiger charge is -2.25. The average Bonchev–Trinajstić information content (AvgIpc) is 3.39. The quantitative estimate of drug-likeness (QED) is 0.456. The van der Waals surface area contributed by atoms with Crippen molar-refractivity contribution in [2.45, 2.75) is 25.4 Å². The standard InChI is InChI=1S/C23H21N3O5S/c1-2-9-26-20(19(25-23(26)32)16-5-3-4-8-24-16)18-7-6-17(31-18)13-10-14(21(27)28)12-15(11-13)22(29)30/h3-8,10-12,19-20H,2,9H2,1H3,(H,25,32)(H,27,28)(H,29,30)/t19-,20-/m0/s1. The van der Waals surface area contributed by atoms with Crippen LogP contribution in [0, 0.1) is 0 Å². The molecular formula is C23H21N3O5S. The number of carbonyl (C=O) groups is 2. The van der Waals surface area contributed by atoms with Gasteiger partial charge in [-0.1, -0.05) is 13.0 Å². The smallest absolute Gasteiger partial charge is 0.335 e. The minimum Gasteiger partial charge on any atom is -0.478 e. The number of benzene rings is 1. The first-order valence-corrected chi connectivity index (χ1v) is 10.5. The molecule has 3 aromatic rings. The van der Waals surface area contributed by atoms with E-state index >= 15 is 0 Å². The van der Waals surface area contributed by atoms with Gasteiger partial charge in [-0.05, 0) is 61.1 Å². The fourth-order valence-corrected chi connectivity index (χ4v) is 4.21. The summed E-state index contributed by atoms with van der Waals surface area (Å²) in [6.45, 7) is 2.78. The zero-order chi connectivity index (χ0) is 22.8. The molecule has 0 unspecified atom stereocenters. The minimum atomic E-state index is -1.21. The minimum absolute atomic E-state index is 0.125. The number of nitrogens with one attached hydrogen (secondary N) is 1. The lowest BCUT2D eigenvalue weighted by molar-refractivity contribution is 0.0696. The normalized spacial score (nSPS) is 17.9. The zero-order valence-corrected chi connectivity index (χ0v) is 18.0. The predicted molar refractivity (Wildman–Crippen MR) is 121 cm³/mol. The third-order valence-corrected chi connectivity index (χ3v) is 5.64. The summed E-state index contributed by atoms with van der Waals surface area (Å²) in [7, 11) is 0. The van der Waals surface area contributed by atoms with Crippen molar-refractivity contribution in [3.8, 4) is 11.3 Å². The maximum Gasteiger partial charge on any atom is 0.335 e. The number of furan rings is 1. The van der Waals surface area contributed by atoms with Gasteiger partial charge in [-0.2, -0.15) is 0 Å². The Bertz CT molecular complexity index is 1150. The molecule has 4 rings (SSSR count). The van der Waals surface area contributed by atoms with Gasteiger partial charge in [0.05, 0.1) is 22.9 Å². The zero-order valence-electron chi connectivity index (χ0n) is 17.2. The fraction of sp³-hybridized carbons (Fsp3) is 0.217. The molecule has 2 atom stereocenters. The number of pyridine rings is 1. The third-order valence-electron chi connectivity index (χ3n) is 5.29. The number of hydrogen-bond donors (Lipinski definition) is 3. The monoisotopic (exact) mass is 451 g/mol. The van der Waals surface area contributed by atoms with Gasteiger partial charge in [-0.25, -0.2) is 9.59 Å². The number of rotatable bonds is 7. The number of aromatic carboxylic acids is 2. The van der Waals surface area contributed by atoms with E-state index in [1.165, 1.54) is 12.1 Å². The summed E-state index contributed by atoms with van der Waals surface area (Å²) < 4.78 is 6.14. The van der Waals surface area contributed by atoms with Gasteiger partial charge in [-0.15, -0.1) is 0 Å². The van der Waals surface area contributed by atoms with Crippen LogP contribution < -0.4 is 5.32 Å². The SMILES string of the molecule is CCCN1C(=S)N[C@@H](c2ccccn2)[C@@H]1c1ccc(-c2cc(C(=O)O)cc(C(=O)O)c2)o1. The van der Waals surface area contributed by atoms with E-state index in [4.69, 9.17) is 16.6 Å². The average molecular weight is 452 g/mol. The van der Waals surface area contributed by atoms with Crippen LogP contribution in [-0.4, -0.2) is 43.7 Å². The Labute approximate surface area is 189 Å². The highest BCUT2D eigenvalue weighted by Crippen LogP contribution is 2.40. The van der Waals surface area contributed by atoms with Gasteiger partial charge in [0.25, 0.3) is 0 Å². The number of thiocarbonyl (C=S) groups is 1. The number of hydrogen-bond acceptors (Lipinski definition) is 5. The first kappa shape index (κ1) is 21.5. The lowest BCUT2D eigenvalue weighted by Crippen LogP contribution is -2.30. The topological polar surface area (TPSA) is 116 Å². The van der Waals surface area contributed by atoms with Crippen LogP contribution in [0.5, 0.6) is 0 Å². The van der Waals surface area contributed by atoms with Crippen LogP contribution >= 0.6 is 12.2 Å². The highest BCUT2D eigenvalue weighted by Gasteiger charge is 2.41. The summed E-state index contributed by atoms with van der Waals surface area (Å²) >= 11 is 5.57. The molecule has 1 saturated heterocycles. The highest BCUT2D eigenvalue weighted by molar-refractivity contribution is 7.80. The van der Waals surface area contributed by atoms with E-state index < -0.39 is 11.9 Å². The second-order valence-corrected chi connectivity index (χ2v) is 7.82. The molecule has 3 N–H and O–H groups in total. The molecule has 1 fully saturated rings. The Morgan fingerprint density at radius 1 is 1.12 bits per heavy atom. The van der Waals surface area contributed by atoms with Crippen LogP contribution in [0.3, 0.4) is 0 Å². The Hall–Kier alpha value is -3.72. The molecule has 164 valence electrons. The van der Waals surface area contributed by atoms with Gasteiger partial charge in [0.1, 0.15) is 17.6 Å². The number of aromatic nitrogens is 1. The van der Waals surface area contributed by atoms with Crippen molar-refractivity contribution >= 4 is 29.3 Å². The molecule has 0 amide bonds. The van der Waals surface area contributed by atoms with Gasteiger partial charge in [0.15, 0.2) is 5.11 Å². The largest absolute Gasteiger partial charge is 0.478 e. The van der Waals surface area contributed by atoms with E-state index in [1.807, 2.05) is 29.2 Å². The summed E-state index contributed by atoms with van der Waals surface area (Å²) in [5.74, 6) is -1.43. The van der Waals surface area contributed by atoms with Gasteiger partial charge in [-0.3, -0.25) is 4.98 Å². The van der Waals surface area contributed by atoms with Gasteiger partial charge >= 0.3 is 11.9 Å². The van der Waals surface area contributed by atoms with Crippen molar-refractivity contribution in [2.75, 3.05) is 6.54 Å². The summed E-state index contributed by atoms with van der Waals surface area (Å²) in [6, 6.07) is 12.6. The van der Waals surface area contributed by atoms with E-state index in [0.717, 1.165) is 18.2 Å². The molecule has 1 aromatic carbocycles. The Balaban J connectivity index is 1.76. The van der Waals surface area contributed by atoms with E-state index in [-0.39, 0.29) is 23.2 Å². The van der Waals surface area contributed by atoms with E-state index in [2.05, 4.69) is 17.2 Å². The van der Waals surface area contributed by atoms with Crippen molar-refractivity contribution in [3.63, 3.8) is 0 Å². The number of carboxylic acid groups (broad SMARTS) is 2. The number of nitrogens with zero attached hydrogens (tertiary/aromatic N) is 2. The molecule has 32 heavy (non-hydrogen) atoms. The summed E-state index contributed by atoms with van der Waals surface area (Å²) in [5.41, 5.74) is 0.942. The molecule has 0 spiro atoms.